The number of fused-ring (bicyclic) bond motifs is 1. The van der Waals surface area contributed by atoms with Gasteiger partial charge in [0.15, 0.2) is 16.0 Å². The van der Waals surface area contributed by atoms with E-state index in [2.05, 4.69) is 36.1 Å². The van der Waals surface area contributed by atoms with Crippen molar-refractivity contribution in [1.29, 1.82) is 0 Å². The predicted octanol–water partition coefficient (Wildman–Crippen LogP) is 4.03. The molecular weight excluding hydrogens is 474 g/mol. The van der Waals surface area contributed by atoms with Crippen molar-refractivity contribution in [3.05, 3.63) is 41.4 Å². The number of urea groups is 1. The van der Waals surface area contributed by atoms with E-state index in [1.165, 1.54) is 22.7 Å². The van der Waals surface area contributed by atoms with Crippen LogP contribution in [-0.2, 0) is 13.5 Å². The van der Waals surface area contributed by atoms with Crippen molar-refractivity contribution < 1.29 is 9.59 Å². The zero-order chi connectivity index (χ0) is 23.8. The zero-order valence-electron chi connectivity index (χ0n) is 18.8. The summed E-state index contributed by atoms with van der Waals surface area (Å²) in [4.78, 5) is 35.2. The van der Waals surface area contributed by atoms with Crippen molar-refractivity contribution in [3.8, 4) is 10.8 Å². The van der Waals surface area contributed by atoms with Crippen LogP contribution in [0.5, 0.6) is 0 Å². The SMILES string of the molecule is CC(C)n1cnnc1-c1ncc(NC(=O)Nc2nc3c(s2)CCC(C(=O)c2cccn2C)N3)s1. The van der Waals surface area contributed by atoms with Gasteiger partial charge >= 0.3 is 6.03 Å². The zero-order valence-corrected chi connectivity index (χ0v) is 20.4. The van der Waals surface area contributed by atoms with Crippen molar-refractivity contribution in [2.75, 3.05) is 16.0 Å². The van der Waals surface area contributed by atoms with Crippen molar-refractivity contribution in [1.82, 2.24) is 29.3 Å². The second kappa shape index (κ2) is 8.99. The minimum Gasteiger partial charge on any atom is -0.359 e. The molecule has 0 fully saturated rings. The number of thiazole rings is 2. The van der Waals surface area contributed by atoms with Gasteiger partial charge in [-0.3, -0.25) is 15.4 Å². The molecule has 0 aromatic carbocycles. The molecule has 176 valence electrons. The van der Waals surface area contributed by atoms with Gasteiger partial charge in [0.25, 0.3) is 0 Å². The molecule has 0 aliphatic carbocycles. The molecule has 2 amide bonds. The molecule has 3 N–H and O–H groups in total. The number of aryl methyl sites for hydroxylation is 2. The Morgan fingerprint density at radius 2 is 2.12 bits per heavy atom. The van der Waals surface area contributed by atoms with Gasteiger partial charge in [-0.05, 0) is 38.8 Å². The summed E-state index contributed by atoms with van der Waals surface area (Å²) >= 11 is 2.72. The van der Waals surface area contributed by atoms with Crippen LogP contribution in [0.2, 0.25) is 0 Å². The van der Waals surface area contributed by atoms with E-state index < -0.39 is 6.03 Å². The number of carbonyl (C=O) groups is 2. The van der Waals surface area contributed by atoms with Crippen molar-refractivity contribution in [3.63, 3.8) is 0 Å². The normalized spacial score (nSPS) is 15.1. The van der Waals surface area contributed by atoms with Gasteiger partial charge in [-0.2, -0.15) is 0 Å². The highest BCUT2D eigenvalue weighted by molar-refractivity contribution is 7.19. The average Bonchev–Trinajstić information content (AvgIpc) is 3.58. The Hall–Kier alpha value is -3.58. The van der Waals surface area contributed by atoms with Gasteiger partial charge in [-0.1, -0.05) is 22.7 Å². The summed E-state index contributed by atoms with van der Waals surface area (Å²) < 4.78 is 3.74. The molecule has 34 heavy (non-hydrogen) atoms. The highest BCUT2D eigenvalue weighted by Crippen LogP contribution is 2.34. The lowest BCUT2D eigenvalue weighted by atomic mass is 10.0. The summed E-state index contributed by atoms with van der Waals surface area (Å²) in [5.41, 5.74) is 0.657. The standard InChI is InChI=1S/C21H23N9O2S2/c1-11(2)30-10-23-28-18(30)19-22-9-15(34-19)25-20(32)27-21-26-17-14(33-21)7-6-12(24-17)16(31)13-5-4-8-29(13)3/h4-5,8-12,24H,6-7H2,1-3H3,(H2,25,26,27,32). The Morgan fingerprint density at radius 1 is 1.26 bits per heavy atom. The van der Waals surface area contributed by atoms with Crippen LogP contribution in [0.3, 0.4) is 0 Å². The molecule has 1 aliphatic rings. The molecule has 0 bridgehead atoms. The number of amides is 2. The number of carbonyl (C=O) groups excluding carboxylic acids is 2. The number of ketones is 1. The van der Waals surface area contributed by atoms with Gasteiger partial charge in [-0.15, -0.1) is 10.2 Å². The number of anilines is 3. The molecule has 1 aliphatic heterocycles. The first-order valence-electron chi connectivity index (χ1n) is 10.7. The van der Waals surface area contributed by atoms with E-state index in [1.54, 1.807) is 12.5 Å². The molecular formula is C21H23N9O2S2. The highest BCUT2D eigenvalue weighted by atomic mass is 32.1. The predicted molar refractivity (Wildman–Crippen MR) is 132 cm³/mol. The molecule has 0 radical (unpaired) electrons. The third kappa shape index (κ3) is 4.31. The van der Waals surface area contributed by atoms with E-state index in [0.717, 1.165) is 11.3 Å². The fraction of sp³-hybridized carbons (Fsp3) is 0.333. The Morgan fingerprint density at radius 3 is 2.88 bits per heavy atom. The second-order valence-corrected chi connectivity index (χ2v) is 10.3. The van der Waals surface area contributed by atoms with Crippen LogP contribution >= 0.6 is 22.7 Å². The molecule has 4 aromatic heterocycles. The third-order valence-electron chi connectivity index (χ3n) is 5.46. The minimum atomic E-state index is -0.414. The van der Waals surface area contributed by atoms with Crippen molar-refractivity contribution >= 4 is 50.4 Å². The second-order valence-electron chi connectivity index (χ2n) is 8.16. The lowest BCUT2D eigenvalue weighted by molar-refractivity contribution is 0.0956. The van der Waals surface area contributed by atoms with Crippen LogP contribution < -0.4 is 16.0 Å². The Balaban J connectivity index is 1.22. The molecule has 4 aromatic rings. The molecule has 5 rings (SSSR count). The lowest BCUT2D eigenvalue weighted by Crippen LogP contribution is -2.34. The molecule has 0 saturated heterocycles. The van der Waals surface area contributed by atoms with Crippen LogP contribution in [0.1, 0.15) is 41.7 Å². The number of hydrogen-bond acceptors (Lipinski definition) is 9. The maximum Gasteiger partial charge on any atom is 0.326 e. The molecule has 13 heteroatoms. The van der Waals surface area contributed by atoms with Crippen LogP contribution in [0.25, 0.3) is 10.8 Å². The summed E-state index contributed by atoms with van der Waals surface area (Å²) in [5.74, 6) is 1.34. The van der Waals surface area contributed by atoms with Crippen LogP contribution in [0.4, 0.5) is 20.7 Å². The molecule has 0 saturated carbocycles. The Kier molecular flexibility index (Phi) is 5.87. The van der Waals surface area contributed by atoms with E-state index >= 15 is 0 Å². The van der Waals surface area contributed by atoms with Gasteiger partial charge in [-0.25, -0.2) is 14.8 Å². The van der Waals surface area contributed by atoms with Gasteiger partial charge < -0.3 is 14.5 Å². The van der Waals surface area contributed by atoms with Crippen molar-refractivity contribution in [2.45, 2.75) is 38.8 Å². The van der Waals surface area contributed by atoms with E-state index in [1.807, 2.05) is 48.4 Å². The topological polar surface area (TPSA) is 132 Å². The third-order valence-corrected chi connectivity index (χ3v) is 7.40. The number of nitrogens with zero attached hydrogens (tertiary/aromatic N) is 6. The van der Waals surface area contributed by atoms with Gasteiger partial charge in [0, 0.05) is 19.3 Å². The Bertz CT molecular complexity index is 1350. The molecule has 0 spiro atoms. The summed E-state index contributed by atoms with van der Waals surface area (Å²) in [6.45, 7) is 4.07. The first-order chi connectivity index (χ1) is 16.4. The Labute approximate surface area is 203 Å². The van der Waals surface area contributed by atoms with Crippen LogP contribution in [0, 0.1) is 0 Å². The maximum atomic E-state index is 12.8. The number of aromatic nitrogens is 6. The quantitative estimate of drug-likeness (QED) is 0.343. The van der Waals surface area contributed by atoms with Crippen LogP contribution in [-0.4, -0.2) is 47.2 Å². The van der Waals surface area contributed by atoms with Gasteiger partial charge in [0.2, 0.25) is 5.78 Å². The molecule has 5 heterocycles. The van der Waals surface area contributed by atoms with E-state index in [4.69, 9.17) is 0 Å². The monoisotopic (exact) mass is 497 g/mol. The summed E-state index contributed by atoms with van der Waals surface area (Å²) in [7, 11) is 1.85. The van der Waals surface area contributed by atoms with Gasteiger partial charge in [0.1, 0.15) is 17.1 Å². The fourth-order valence-electron chi connectivity index (χ4n) is 3.74. The first kappa shape index (κ1) is 22.2. The highest BCUT2D eigenvalue weighted by Gasteiger charge is 2.29. The van der Waals surface area contributed by atoms with Crippen molar-refractivity contribution in [2.24, 2.45) is 7.05 Å². The van der Waals surface area contributed by atoms with Crippen LogP contribution in [0.15, 0.2) is 30.9 Å². The largest absolute Gasteiger partial charge is 0.359 e. The molecule has 11 nitrogen and oxygen atoms in total. The minimum absolute atomic E-state index is 0.0349. The smallest absolute Gasteiger partial charge is 0.326 e. The average molecular weight is 498 g/mol. The molecule has 1 unspecified atom stereocenters. The summed E-state index contributed by atoms with van der Waals surface area (Å²) in [6.07, 6.45) is 6.51. The first-order valence-corrected chi connectivity index (χ1v) is 12.4. The maximum absolute atomic E-state index is 12.8. The van der Waals surface area contributed by atoms with E-state index in [-0.39, 0.29) is 17.9 Å². The lowest BCUT2D eigenvalue weighted by Gasteiger charge is -2.22. The van der Waals surface area contributed by atoms with E-state index in [9.17, 15) is 9.59 Å². The number of Topliss-reactive ketones (excluding diaryl/α,β-unsaturated/α-hetero) is 1. The van der Waals surface area contributed by atoms with Gasteiger partial charge in [0.05, 0.1) is 22.8 Å². The number of hydrogen-bond donors (Lipinski definition) is 3. The number of rotatable bonds is 6. The molecule has 1 atom stereocenters. The summed E-state index contributed by atoms with van der Waals surface area (Å²) in [6, 6.07) is 3.11. The fourth-order valence-corrected chi connectivity index (χ4v) is 5.48. The summed E-state index contributed by atoms with van der Waals surface area (Å²) in [5, 5.41) is 18.6. The van der Waals surface area contributed by atoms with E-state index in [0.29, 0.717) is 38.9 Å². The number of nitrogens with one attached hydrogen (secondary N) is 3.